The molecule has 0 heterocycles. The van der Waals surface area contributed by atoms with Crippen molar-refractivity contribution in [2.24, 2.45) is 38.9 Å². The molecule has 5 aliphatic carbocycles. The van der Waals surface area contributed by atoms with Gasteiger partial charge in [-0.3, -0.25) is 14.4 Å². The number of hydrogen-bond donors (Lipinski definition) is 0. The van der Waals surface area contributed by atoms with Crippen LogP contribution in [0.25, 0.3) is 0 Å². The minimum atomic E-state index is -0.428. The maximum absolute atomic E-state index is 13.1. The predicted octanol–water partition coefficient (Wildman–Crippen LogP) is 6.94. The van der Waals surface area contributed by atoms with Gasteiger partial charge in [0.05, 0.1) is 12.0 Å². The second-order valence-corrected chi connectivity index (χ2v) is 13.9. The van der Waals surface area contributed by atoms with Crippen molar-refractivity contribution in [1.82, 2.24) is 0 Å². The standard InChI is InChI=1S/C32H44O4/c1-9-36-27(35)29(5)11-10-28(4)12-14-31(7)23-16-19(2)25-20(3)26(34)22(33)17-21(25)30(23,6)13-15-32(31,8)24(28)18-29/h16-17,19,24H,9-15,18H2,1-8H3/t19?,24-,28-,29-,30+,31-,32+/m1/s1. The number of ketones is 2. The Kier molecular flexibility index (Phi) is 5.54. The van der Waals surface area contributed by atoms with E-state index in [9.17, 15) is 14.4 Å². The molecule has 3 saturated carbocycles. The summed E-state index contributed by atoms with van der Waals surface area (Å²) in [5, 5.41) is 0. The Balaban J connectivity index is 1.62. The Morgan fingerprint density at radius 1 is 1.00 bits per heavy atom. The lowest BCUT2D eigenvalue weighted by atomic mass is 9.34. The highest BCUT2D eigenvalue weighted by molar-refractivity contribution is 6.48. The van der Waals surface area contributed by atoms with Gasteiger partial charge in [-0.1, -0.05) is 46.3 Å². The summed E-state index contributed by atoms with van der Waals surface area (Å²) in [6.07, 6.45) is 11.3. The number of rotatable bonds is 2. The lowest BCUT2D eigenvalue weighted by Gasteiger charge is -2.70. The van der Waals surface area contributed by atoms with Crippen molar-refractivity contribution in [1.29, 1.82) is 0 Å². The van der Waals surface area contributed by atoms with Crippen LogP contribution in [-0.2, 0) is 19.1 Å². The molecule has 196 valence electrons. The molecule has 0 aromatic carbocycles. The summed E-state index contributed by atoms with van der Waals surface area (Å²) in [6.45, 7) is 18.2. The monoisotopic (exact) mass is 492 g/mol. The quantitative estimate of drug-likeness (QED) is 0.181. The number of fused-ring (bicyclic) bond motifs is 7. The van der Waals surface area contributed by atoms with E-state index in [1.807, 2.05) is 13.8 Å². The fourth-order valence-corrected chi connectivity index (χ4v) is 9.48. The average molecular weight is 493 g/mol. The summed E-state index contributed by atoms with van der Waals surface area (Å²) < 4.78 is 5.57. The molecular formula is C32H44O4. The lowest BCUT2D eigenvalue weighted by Crippen LogP contribution is -2.62. The van der Waals surface area contributed by atoms with Gasteiger partial charge in [-0.15, -0.1) is 0 Å². The first-order chi connectivity index (χ1) is 16.7. The number of ether oxygens (including phenoxy) is 1. The van der Waals surface area contributed by atoms with Crippen LogP contribution < -0.4 is 0 Å². The molecule has 5 aliphatic rings. The van der Waals surface area contributed by atoms with Crippen LogP contribution in [0.15, 0.2) is 34.4 Å². The van der Waals surface area contributed by atoms with E-state index in [1.54, 1.807) is 6.08 Å². The van der Waals surface area contributed by atoms with Gasteiger partial charge >= 0.3 is 5.97 Å². The van der Waals surface area contributed by atoms with Gasteiger partial charge in [-0.2, -0.15) is 0 Å². The molecule has 4 nitrogen and oxygen atoms in total. The number of hydrogen-bond acceptors (Lipinski definition) is 4. The van der Waals surface area contributed by atoms with E-state index >= 15 is 0 Å². The van der Waals surface area contributed by atoms with Crippen molar-refractivity contribution in [2.45, 2.75) is 100 Å². The summed E-state index contributed by atoms with van der Waals surface area (Å²) in [5.41, 5.74) is 3.84. The molecule has 0 aromatic rings. The molecule has 0 bridgehead atoms. The fraction of sp³-hybridized carbons (Fsp3) is 0.719. The van der Waals surface area contributed by atoms with Gasteiger partial charge in [0, 0.05) is 11.0 Å². The first-order valence-electron chi connectivity index (χ1n) is 14.1. The second-order valence-electron chi connectivity index (χ2n) is 13.9. The first kappa shape index (κ1) is 25.7. The normalized spacial score (nSPS) is 46.1. The molecule has 0 spiro atoms. The van der Waals surface area contributed by atoms with E-state index in [2.05, 4.69) is 47.6 Å². The summed E-state index contributed by atoms with van der Waals surface area (Å²) in [6, 6.07) is 0. The van der Waals surface area contributed by atoms with Crippen LogP contribution in [0.2, 0.25) is 0 Å². The van der Waals surface area contributed by atoms with E-state index in [0.29, 0.717) is 18.1 Å². The summed E-state index contributed by atoms with van der Waals surface area (Å²) in [4.78, 5) is 38.4. The van der Waals surface area contributed by atoms with Crippen molar-refractivity contribution in [3.05, 3.63) is 34.4 Å². The molecule has 3 fully saturated rings. The third-order valence-electron chi connectivity index (χ3n) is 12.1. The molecule has 1 unspecified atom stereocenters. The molecule has 0 aliphatic heterocycles. The minimum absolute atomic E-state index is 0.0316. The van der Waals surface area contributed by atoms with Gasteiger partial charge in [0.25, 0.3) is 0 Å². The van der Waals surface area contributed by atoms with Crippen LogP contribution in [0.1, 0.15) is 100 Å². The third kappa shape index (κ3) is 3.08. The van der Waals surface area contributed by atoms with Crippen molar-refractivity contribution in [3.8, 4) is 0 Å². The Hall–Kier alpha value is -1.97. The molecule has 0 amide bonds. The predicted molar refractivity (Wildman–Crippen MR) is 141 cm³/mol. The summed E-state index contributed by atoms with van der Waals surface area (Å²) in [7, 11) is 0. The number of Topliss-reactive ketones (excluding diaryl/α,β-unsaturated/α-hetero) is 1. The first-order valence-corrected chi connectivity index (χ1v) is 14.1. The largest absolute Gasteiger partial charge is 0.466 e. The topological polar surface area (TPSA) is 60.4 Å². The minimum Gasteiger partial charge on any atom is -0.466 e. The molecule has 0 saturated heterocycles. The zero-order valence-electron chi connectivity index (χ0n) is 23.6. The maximum Gasteiger partial charge on any atom is 0.311 e. The van der Waals surface area contributed by atoms with E-state index < -0.39 is 5.41 Å². The highest BCUT2D eigenvalue weighted by atomic mass is 16.5. The molecule has 5 rings (SSSR count). The van der Waals surface area contributed by atoms with Crippen LogP contribution in [-0.4, -0.2) is 24.1 Å². The zero-order valence-corrected chi connectivity index (χ0v) is 23.6. The molecule has 7 atom stereocenters. The van der Waals surface area contributed by atoms with Gasteiger partial charge in [0.1, 0.15) is 0 Å². The number of carbonyl (C=O) groups excluding carboxylic acids is 3. The smallest absolute Gasteiger partial charge is 0.311 e. The van der Waals surface area contributed by atoms with E-state index in [4.69, 9.17) is 4.74 Å². The Bertz CT molecular complexity index is 1150. The van der Waals surface area contributed by atoms with Gasteiger partial charge in [-0.05, 0) is 111 Å². The summed E-state index contributed by atoms with van der Waals surface area (Å²) >= 11 is 0. The van der Waals surface area contributed by atoms with E-state index in [-0.39, 0.29) is 45.1 Å². The molecule has 4 heteroatoms. The molecule has 36 heavy (non-hydrogen) atoms. The summed E-state index contributed by atoms with van der Waals surface area (Å²) in [5.74, 6) is -0.209. The van der Waals surface area contributed by atoms with Crippen LogP contribution in [0.3, 0.4) is 0 Å². The van der Waals surface area contributed by atoms with Gasteiger partial charge < -0.3 is 4.74 Å². The SMILES string of the molecule is CCOC(=O)[C@]1(C)CC[C@]2(C)CC[C@]3(C)C4=CC(C)C5=C(C)C(=O)C(=O)C=C5[C@]4(C)CC[C@@]3(C)[C@@H]2C1. The van der Waals surface area contributed by atoms with Crippen molar-refractivity contribution in [2.75, 3.05) is 6.61 Å². The highest BCUT2D eigenvalue weighted by Gasteiger charge is 2.67. The zero-order chi connectivity index (χ0) is 26.5. The second kappa shape index (κ2) is 7.77. The lowest BCUT2D eigenvalue weighted by molar-refractivity contribution is -0.182. The van der Waals surface area contributed by atoms with Crippen LogP contribution in [0, 0.1) is 38.9 Å². The van der Waals surface area contributed by atoms with E-state index in [0.717, 1.165) is 56.1 Å². The van der Waals surface area contributed by atoms with Crippen LogP contribution in [0.4, 0.5) is 0 Å². The van der Waals surface area contributed by atoms with Crippen LogP contribution in [0.5, 0.6) is 0 Å². The van der Waals surface area contributed by atoms with Gasteiger partial charge in [0.2, 0.25) is 11.6 Å². The molecule has 0 N–H and O–H groups in total. The van der Waals surface area contributed by atoms with Gasteiger partial charge in [-0.25, -0.2) is 0 Å². The maximum atomic E-state index is 13.1. The molecule has 0 aromatic heterocycles. The number of allylic oxidation sites excluding steroid dienone is 6. The Labute approximate surface area is 217 Å². The van der Waals surface area contributed by atoms with Crippen LogP contribution >= 0.6 is 0 Å². The highest BCUT2D eigenvalue weighted by Crippen LogP contribution is 2.76. The fourth-order valence-electron chi connectivity index (χ4n) is 9.48. The number of carbonyl (C=O) groups is 3. The molecule has 0 radical (unpaired) electrons. The third-order valence-corrected chi connectivity index (χ3v) is 12.1. The van der Waals surface area contributed by atoms with Gasteiger partial charge in [0.15, 0.2) is 0 Å². The van der Waals surface area contributed by atoms with Crippen molar-refractivity contribution in [3.63, 3.8) is 0 Å². The molecular weight excluding hydrogens is 448 g/mol. The Morgan fingerprint density at radius 3 is 2.33 bits per heavy atom. The van der Waals surface area contributed by atoms with Crippen molar-refractivity contribution < 1.29 is 19.1 Å². The van der Waals surface area contributed by atoms with Crippen molar-refractivity contribution >= 4 is 17.5 Å². The van der Waals surface area contributed by atoms with E-state index in [1.165, 1.54) is 5.57 Å². The number of esters is 1. The average Bonchev–Trinajstić information content (AvgIpc) is 2.82. The Morgan fingerprint density at radius 2 is 1.67 bits per heavy atom.